The molecule has 0 radical (unpaired) electrons. The smallest absolute Gasteiger partial charge is 0.153 e. The number of rotatable bonds is 3. The summed E-state index contributed by atoms with van der Waals surface area (Å²) in [6.45, 7) is 5.76. The standard InChI is InChI=1S/C14H19NO2/c1-4-16-13-7-5-12(6-8-13)14-11(2)9-10-15(3)17-14/h5-8H,4,9-10H2,1-3H3. The largest absolute Gasteiger partial charge is 0.494 e. The summed E-state index contributed by atoms with van der Waals surface area (Å²) in [6, 6.07) is 8.06. The SMILES string of the molecule is CCOc1ccc(C2=C(C)CCN(C)O2)cc1. The van der Waals surface area contributed by atoms with Crippen LogP contribution in [0.3, 0.4) is 0 Å². The van der Waals surface area contributed by atoms with Gasteiger partial charge in [0.1, 0.15) is 5.75 Å². The van der Waals surface area contributed by atoms with Gasteiger partial charge in [0.15, 0.2) is 5.76 Å². The molecule has 1 aromatic carbocycles. The topological polar surface area (TPSA) is 21.7 Å². The van der Waals surface area contributed by atoms with Crippen molar-refractivity contribution < 1.29 is 9.57 Å². The van der Waals surface area contributed by atoms with Gasteiger partial charge in [-0.25, -0.2) is 0 Å². The first-order chi connectivity index (χ1) is 8.20. The van der Waals surface area contributed by atoms with E-state index < -0.39 is 0 Å². The molecule has 0 unspecified atom stereocenters. The predicted octanol–water partition coefficient (Wildman–Crippen LogP) is 3.08. The molecular formula is C14H19NO2. The van der Waals surface area contributed by atoms with Crippen molar-refractivity contribution in [2.75, 3.05) is 20.2 Å². The molecule has 92 valence electrons. The highest BCUT2D eigenvalue weighted by atomic mass is 16.7. The van der Waals surface area contributed by atoms with Crippen molar-refractivity contribution in [3.05, 3.63) is 35.4 Å². The number of benzene rings is 1. The Morgan fingerprint density at radius 2 is 2.00 bits per heavy atom. The van der Waals surface area contributed by atoms with Crippen LogP contribution in [0.4, 0.5) is 0 Å². The maximum atomic E-state index is 5.76. The second-order valence-corrected chi connectivity index (χ2v) is 4.26. The Balaban J connectivity index is 2.21. The van der Waals surface area contributed by atoms with Gasteiger partial charge in [0.25, 0.3) is 0 Å². The fourth-order valence-electron chi connectivity index (χ4n) is 1.89. The van der Waals surface area contributed by atoms with Gasteiger partial charge in [0.2, 0.25) is 0 Å². The second-order valence-electron chi connectivity index (χ2n) is 4.26. The van der Waals surface area contributed by atoms with Crippen LogP contribution in [0.2, 0.25) is 0 Å². The molecule has 1 aromatic rings. The minimum atomic E-state index is 0.695. The summed E-state index contributed by atoms with van der Waals surface area (Å²) in [4.78, 5) is 5.76. The van der Waals surface area contributed by atoms with Gasteiger partial charge in [0, 0.05) is 19.2 Å². The molecule has 0 saturated carbocycles. The van der Waals surface area contributed by atoms with Crippen LogP contribution in [0.25, 0.3) is 5.76 Å². The molecule has 3 heteroatoms. The number of hydroxylamine groups is 2. The van der Waals surface area contributed by atoms with Gasteiger partial charge >= 0.3 is 0 Å². The zero-order valence-electron chi connectivity index (χ0n) is 10.7. The van der Waals surface area contributed by atoms with E-state index in [9.17, 15) is 0 Å². The molecule has 3 nitrogen and oxygen atoms in total. The Morgan fingerprint density at radius 1 is 1.29 bits per heavy atom. The third-order valence-electron chi connectivity index (χ3n) is 2.86. The molecule has 0 amide bonds. The summed E-state index contributed by atoms with van der Waals surface area (Å²) < 4.78 is 5.43. The maximum absolute atomic E-state index is 5.76. The van der Waals surface area contributed by atoms with E-state index in [1.165, 1.54) is 5.57 Å². The lowest BCUT2D eigenvalue weighted by Crippen LogP contribution is -2.24. The lowest BCUT2D eigenvalue weighted by Gasteiger charge is -2.26. The zero-order valence-corrected chi connectivity index (χ0v) is 10.7. The van der Waals surface area contributed by atoms with Crippen LogP contribution in [-0.2, 0) is 4.84 Å². The molecular weight excluding hydrogens is 214 g/mol. The molecule has 1 heterocycles. The van der Waals surface area contributed by atoms with Crippen molar-refractivity contribution in [1.29, 1.82) is 0 Å². The molecule has 0 aromatic heterocycles. The van der Waals surface area contributed by atoms with Gasteiger partial charge in [-0.15, -0.1) is 5.06 Å². The highest BCUT2D eigenvalue weighted by molar-refractivity contribution is 5.63. The Morgan fingerprint density at radius 3 is 2.65 bits per heavy atom. The van der Waals surface area contributed by atoms with Crippen molar-refractivity contribution in [1.82, 2.24) is 5.06 Å². The molecule has 0 aliphatic carbocycles. The number of hydrogen-bond donors (Lipinski definition) is 0. The summed E-state index contributed by atoms with van der Waals surface area (Å²) in [5.41, 5.74) is 2.41. The molecule has 0 saturated heterocycles. The van der Waals surface area contributed by atoms with E-state index in [0.29, 0.717) is 6.61 Å². The first-order valence-corrected chi connectivity index (χ1v) is 6.02. The quantitative estimate of drug-likeness (QED) is 0.800. The van der Waals surface area contributed by atoms with Crippen LogP contribution in [-0.4, -0.2) is 25.3 Å². The molecule has 0 fully saturated rings. The van der Waals surface area contributed by atoms with E-state index in [-0.39, 0.29) is 0 Å². The molecule has 17 heavy (non-hydrogen) atoms. The summed E-state index contributed by atoms with van der Waals surface area (Å²) in [5, 5.41) is 1.87. The summed E-state index contributed by atoms with van der Waals surface area (Å²) in [5.74, 6) is 1.88. The van der Waals surface area contributed by atoms with Gasteiger partial charge in [0.05, 0.1) is 6.61 Å². The molecule has 0 N–H and O–H groups in total. The average molecular weight is 233 g/mol. The maximum Gasteiger partial charge on any atom is 0.153 e. The van der Waals surface area contributed by atoms with E-state index in [0.717, 1.165) is 30.0 Å². The monoisotopic (exact) mass is 233 g/mol. The lowest BCUT2D eigenvalue weighted by molar-refractivity contribution is -0.0707. The van der Waals surface area contributed by atoms with Gasteiger partial charge in [-0.3, -0.25) is 0 Å². The van der Waals surface area contributed by atoms with Crippen LogP contribution >= 0.6 is 0 Å². The van der Waals surface area contributed by atoms with Gasteiger partial charge in [-0.2, -0.15) is 0 Å². The van der Waals surface area contributed by atoms with E-state index in [2.05, 4.69) is 6.92 Å². The number of hydrogen-bond acceptors (Lipinski definition) is 3. The molecule has 0 bridgehead atoms. The summed E-state index contributed by atoms with van der Waals surface area (Å²) >= 11 is 0. The Hall–Kier alpha value is -1.48. The fraction of sp³-hybridized carbons (Fsp3) is 0.429. The third-order valence-corrected chi connectivity index (χ3v) is 2.86. The van der Waals surface area contributed by atoms with Gasteiger partial charge in [-0.1, -0.05) is 0 Å². The van der Waals surface area contributed by atoms with E-state index >= 15 is 0 Å². The highest BCUT2D eigenvalue weighted by Gasteiger charge is 2.16. The van der Waals surface area contributed by atoms with E-state index in [1.54, 1.807) is 0 Å². The Kier molecular flexibility index (Phi) is 3.69. The van der Waals surface area contributed by atoms with Gasteiger partial charge < -0.3 is 9.57 Å². The predicted molar refractivity (Wildman–Crippen MR) is 68.5 cm³/mol. The lowest BCUT2D eigenvalue weighted by atomic mass is 10.1. The average Bonchev–Trinajstić information content (AvgIpc) is 2.34. The van der Waals surface area contributed by atoms with E-state index in [1.807, 2.05) is 43.3 Å². The van der Waals surface area contributed by atoms with Crippen molar-refractivity contribution in [2.45, 2.75) is 20.3 Å². The van der Waals surface area contributed by atoms with Crippen LogP contribution in [0.1, 0.15) is 25.8 Å². The van der Waals surface area contributed by atoms with Crippen LogP contribution in [0.5, 0.6) is 5.75 Å². The molecule has 1 aliphatic heterocycles. The number of nitrogens with zero attached hydrogens (tertiary/aromatic N) is 1. The van der Waals surface area contributed by atoms with Crippen molar-refractivity contribution in [2.24, 2.45) is 0 Å². The minimum Gasteiger partial charge on any atom is -0.494 e. The van der Waals surface area contributed by atoms with E-state index in [4.69, 9.17) is 9.57 Å². The minimum absolute atomic E-state index is 0.695. The van der Waals surface area contributed by atoms with Crippen molar-refractivity contribution in [3.8, 4) is 5.75 Å². The zero-order chi connectivity index (χ0) is 12.3. The van der Waals surface area contributed by atoms with Crippen LogP contribution in [0, 0.1) is 0 Å². The molecule has 0 spiro atoms. The van der Waals surface area contributed by atoms with Crippen molar-refractivity contribution in [3.63, 3.8) is 0 Å². The summed E-state index contributed by atoms with van der Waals surface area (Å²) in [7, 11) is 1.96. The normalized spacial score (nSPS) is 16.9. The second kappa shape index (κ2) is 5.23. The Bertz CT molecular complexity index is 409. The highest BCUT2D eigenvalue weighted by Crippen LogP contribution is 2.28. The van der Waals surface area contributed by atoms with Gasteiger partial charge in [-0.05, 0) is 50.1 Å². The fourth-order valence-corrected chi connectivity index (χ4v) is 1.89. The van der Waals surface area contributed by atoms with Crippen LogP contribution < -0.4 is 4.74 Å². The molecule has 0 atom stereocenters. The molecule has 2 rings (SSSR count). The van der Waals surface area contributed by atoms with Crippen LogP contribution in [0.15, 0.2) is 29.8 Å². The first-order valence-electron chi connectivity index (χ1n) is 6.02. The first kappa shape index (κ1) is 12.0. The third kappa shape index (κ3) is 2.80. The summed E-state index contributed by atoms with van der Waals surface area (Å²) in [6.07, 6.45) is 1.05. The Labute approximate surface area is 103 Å². The number of ether oxygens (including phenoxy) is 1. The van der Waals surface area contributed by atoms with Crippen molar-refractivity contribution >= 4 is 5.76 Å². The molecule has 1 aliphatic rings.